The molecular formula is C29H38FN5O6S2. The summed E-state index contributed by atoms with van der Waals surface area (Å²) in [6.07, 6.45) is 6.56. The van der Waals surface area contributed by atoms with Gasteiger partial charge in [0, 0.05) is 44.7 Å². The van der Waals surface area contributed by atoms with Gasteiger partial charge in [0.15, 0.2) is 0 Å². The molecule has 6 rings (SSSR count). The topological polar surface area (TPSA) is 150 Å². The third-order valence-electron chi connectivity index (χ3n) is 9.57. The maximum atomic E-state index is 14.9. The lowest BCUT2D eigenvalue weighted by Gasteiger charge is -2.37. The Bertz CT molecular complexity index is 1690. The minimum absolute atomic E-state index is 0.0462. The summed E-state index contributed by atoms with van der Waals surface area (Å²) in [7, 11) is -5.74. The van der Waals surface area contributed by atoms with Gasteiger partial charge in [0.05, 0.1) is 16.5 Å². The van der Waals surface area contributed by atoms with E-state index in [1.807, 2.05) is 0 Å². The molecule has 2 saturated carbocycles. The van der Waals surface area contributed by atoms with E-state index in [4.69, 9.17) is 0 Å². The van der Waals surface area contributed by atoms with Crippen molar-refractivity contribution < 1.29 is 26.0 Å². The number of rotatable bonds is 10. The number of amides is 1. The molecule has 43 heavy (non-hydrogen) atoms. The molecule has 1 amide bonds. The van der Waals surface area contributed by atoms with Crippen LogP contribution >= 0.6 is 0 Å². The molecule has 1 aromatic heterocycles. The summed E-state index contributed by atoms with van der Waals surface area (Å²) in [5.41, 5.74) is 2.94. The number of carbonyl (C=O) groups excluding carboxylic acids is 1. The van der Waals surface area contributed by atoms with Crippen molar-refractivity contribution in [3.63, 3.8) is 0 Å². The Labute approximate surface area is 251 Å². The smallest absolute Gasteiger partial charge is 0.267 e. The Hall–Kier alpha value is -2.68. The molecule has 0 radical (unpaired) electrons. The van der Waals surface area contributed by atoms with E-state index < -0.39 is 41.8 Å². The van der Waals surface area contributed by atoms with Crippen molar-refractivity contribution in [2.75, 3.05) is 26.7 Å². The summed E-state index contributed by atoms with van der Waals surface area (Å²) in [6, 6.07) is 4.10. The highest BCUT2D eigenvalue weighted by molar-refractivity contribution is 7.91. The van der Waals surface area contributed by atoms with E-state index >= 15 is 0 Å². The lowest BCUT2D eigenvalue weighted by molar-refractivity contribution is 0.0680. The van der Waals surface area contributed by atoms with Crippen LogP contribution in [0, 0.1) is 5.82 Å². The van der Waals surface area contributed by atoms with Gasteiger partial charge in [-0.3, -0.25) is 9.59 Å². The monoisotopic (exact) mass is 635 g/mol. The summed E-state index contributed by atoms with van der Waals surface area (Å²) in [5, 5.41) is 6.42. The number of hydrogen-bond donors (Lipinski definition) is 2. The van der Waals surface area contributed by atoms with Crippen LogP contribution in [0.5, 0.6) is 0 Å². The number of nitrogens with zero attached hydrogens (tertiary/aromatic N) is 3. The molecule has 0 spiro atoms. The van der Waals surface area contributed by atoms with Crippen LogP contribution in [0.25, 0.3) is 0 Å². The van der Waals surface area contributed by atoms with Crippen LogP contribution in [0.2, 0.25) is 0 Å². The van der Waals surface area contributed by atoms with Crippen molar-refractivity contribution in [1.29, 1.82) is 0 Å². The Morgan fingerprint density at radius 2 is 1.77 bits per heavy atom. The highest BCUT2D eigenvalue weighted by atomic mass is 32.2. The number of H-pyrrole nitrogens is 1. The van der Waals surface area contributed by atoms with Gasteiger partial charge >= 0.3 is 0 Å². The van der Waals surface area contributed by atoms with Crippen LogP contribution in [0.3, 0.4) is 0 Å². The predicted octanol–water partition coefficient (Wildman–Crippen LogP) is 1.86. The first kappa shape index (κ1) is 30.4. The fourth-order valence-corrected chi connectivity index (χ4v) is 10.1. The second-order valence-corrected chi connectivity index (χ2v) is 16.9. The highest BCUT2D eigenvalue weighted by Crippen LogP contribution is 2.46. The number of benzene rings is 1. The molecule has 2 aromatic rings. The minimum atomic E-state index is -3.78. The van der Waals surface area contributed by atoms with E-state index in [9.17, 15) is 30.8 Å². The SMILES string of the molecule is CN(C1CCN(C(=O)c2cc(Cc3n[nH]c(=O)c4c3CCCC4)ccc2F)CC1)S(=O)(=O)C1(CNS(=O)(=O)C2CC2)CC1. The van der Waals surface area contributed by atoms with E-state index in [1.54, 1.807) is 17.0 Å². The third kappa shape index (κ3) is 5.90. The molecule has 11 nitrogen and oxygen atoms in total. The average molecular weight is 636 g/mol. The highest BCUT2D eigenvalue weighted by Gasteiger charge is 2.57. The number of likely N-dealkylation sites (tertiary alicyclic amines) is 1. The van der Waals surface area contributed by atoms with Crippen molar-refractivity contribution >= 4 is 26.0 Å². The van der Waals surface area contributed by atoms with E-state index in [0.717, 1.165) is 36.1 Å². The number of piperidine rings is 1. The summed E-state index contributed by atoms with van der Waals surface area (Å²) >= 11 is 0. The number of sulfonamides is 2. The van der Waals surface area contributed by atoms with Gasteiger partial charge in [0.2, 0.25) is 20.0 Å². The number of fused-ring (bicyclic) bond motifs is 1. The van der Waals surface area contributed by atoms with Crippen LogP contribution < -0.4 is 10.3 Å². The molecule has 1 saturated heterocycles. The minimum Gasteiger partial charge on any atom is -0.338 e. The first-order valence-electron chi connectivity index (χ1n) is 15.0. The Kier molecular flexibility index (Phi) is 8.01. The molecule has 3 fully saturated rings. The van der Waals surface area contributed by atoms with Gasteiger partial charge in [-0.25, -0.2) is 35.4 Å². The number of nitrogens with one attached hydrogen (secondary N) is 2. The van der Waals surface area contributed by atoms with E-state index in [2.05, 4.69) is 14.9 Å². The zero-order valence-electron chi connectivity index (χ0n) is 24.3. The van der Waals surface area contributed by atoms with Crippen molar-refractivity contribution in [2.45, 2.75) is 86.7 Å². The Balaban J connectivity index is 1.10. The zero-order chi connectivity index (χ0) is 30.6. The van der Waals surface area contributed by atoms with E-state index in [1.165, 1.54) is 17.4 Å². The van der Waals surface area contributed by atoms with Crippen LogP contribution in [-0.2, 0) is 39.3 Å². The molecule has 0 bridgehead atoms. The van der Waals surface area contributed by atoms with Gasteiger partial charge in [-0.05, 0) is 87.5 Å². The van der Waals surface area contributed by atoms with Gasteiger partial charge in [-0.2, -0.15) is 5.10 Å². The molecule has 14 heteroatoms. The van der Waals surface area contributed by atoms with Gasteiger partial charge in [0.25, 0.3) is 11.5 Å². The van der Waals surface area contributed by atoms with Crippen molar-refractivity contribution in [2.24, 2.45) is 0 Å². The summed E-state index contributed by atoms with van der Waals surface area (Å²) in [5.74, 6) is -1.08. The maximum absolute atomic E-state index is 14.9. The van der Waals surface area contributed by atoms with Crippen LogP contribution in [0.4, 0.5) is 4.39 Å². The van der Waals surface area contributed by atoms with Crippen LogP contribution in [0.15, 0.2) is 23.0 Å². The average Bonchev–Trinajstić information content (AvgIpc) is 3.92. The summed E-state index contributed by atoms with van der Waals surface area (Å²) in [6.45, 7) is 0.412. The lowest BCUT2D eigenvalue weighted by Crippen LogP contribution is -2.52. The molecule has 2 heterocycles. The first-order chi connectivity index (χ1) is 20.4. The fraction of sp³-hybridized carbons (Fsp3) is 0.621. The number of aromatic nitrogens is 2. The molecule has 4 aliphatic rings. The van der Waals surface area contributed by atoms with Crippen molar-refractivity contribution in [3.8, 4) is 0 Å². The second kappa shape index (κ2) is 11.4. The van der Waals surface area contributed by atoms with E-state index in [-0.39, 0.29) is 36.8 Å². The molecule has 3 aliphatic carbocycles. The second-order valence-electron chi connectivity index (χ2n) is 12.4. The number of hydrogen-bond acceptors (Lipinski definition) is 7. The number of aromatic amines is 1. The molecular weight excluding hydrogens is 597 g/mol. The summed E-state index contributed by atoms with van der Waals surface area (Å²) < 4.78 is 69.3. The first-order valence-corrected chi connectivity index (χ1v) is 18.0. The zero-order valence-corrected chi connectivity index (χ0v) is 25.9. The lowest BCUT2D eigenvalue weighted by atomic mass is 9.90. The summed E-state index contributed by atoms with van der Waals surface area (Å²) in [4.78, 5) is 27.2. The molecule has 0 atom stereocenters. The van der Waals surface area contributed by atoms with Crippen molar-refractivity contribution in [3.05, 3.63) is 62.3 Å². The number of carbonyl (C=O) groups is 1. The standard InChI is InChI=1S/C29H38FN5O6S2/c1-34(43(40,41)29(12-13-29)18-31-42(38,39)21-7-8-21)20-10-14-35(15-11-20)28(37)24-16-19(6-9-25(24)30)17-26-22-4-2-3-5-23(22)27(36)33-32-26/h6,9,16,20-21,31H,2-5,7-8,10-15,17-18H2,1H3,(H,33,36). The fourth-order valence-electron chi connectivity index (χ4n) is 6.41. The molecule has 1 aromatic carbocycles. The Morgan fingerprint density at radius 1 is 1.09 bits per heavy atom. The molecule has 0 unspecified atom stereocenters. The predicted molar refractivity (Wildman–Crippen MR) is 158 cm³/mol. The van der Waals surface area contributed by atoms with Gasteiger partial charge in [-0.1, -0.05) is 6.07 Å². The quantitative estimate of drug-likeness (QED) is 0.405. The largest absolute Gasteiger partial charge is 0.338 e. The third-order valence-corrected chi connectivity index (χ3v) is 14.2. The van der Waals surface area contributed by atoms with E-state index in [0.29, 0.717) is 56.9 Å². The normalized spacial score (nSPS) is 20.7. The Morgan fingerprint density at radius 3 is 2.42 bits per heavy atom. The van der Waals surface area contributed by atoms with Crippen molar-refractivity contribution in [1.82, 2.24) is 24.1 Å². The van der Waals surface area contributed by atoms with Gasteiger partial charge < -0.3 is 4.90 Å². The maximum Gasteiger partial charge on any atom is 0.267 e. The van der Waals surface area contributed by atoms with Crippen LogP contribution in [-0.4, -0.2) is 84.9 Å². The molecule has 234 valence electrons. The van der Waals surface area contributed by atoms with Gasteiger partial charge in [0.1, 0.15) is 10.6 Å². The molecule has 1 aliphatic heterocycles. The van der Waals surface area contributed by atoms with Gasteiger partial charge in [-0.15, -0.1) is 0 Å². The molecule has 2 N–H and O–H groups in total. The van der Waals surface area contributed by atoms with Crippen LogP contribution in [0.1, 0.15) is 84.1 Å². The number of halogens is 1.